The highest BCUT2D eigenvalue weighted by Crippen LogP contribution is 2.24. The number of anilines is 1. The van der Waals surface area contributed by atoms with Crippen molar-refractivity contribution in [2.24, 2.45) is 5.92 Å². The van der Waals surface area contributed by atoms with E-state index in [4.69, 9.17) is 4.42 Å². The molecule has 2 aromatic rings. The summed E-state index contributed by atoms with van der Waals surface area (Å²) in [6.45, 7) is 4.45. The summed E-state index contributed by atoms with van der Waals surface area (Å²) >= 11 is 0. The minimum Gasteiger partial charge on any atom is -0.423 e. The van der Waals surface area contributed by atoms with Gasteiger partial charge in [0, 0.05) is 23.7 Å². The number of nitrogens with zero attached hydrogens (tertiary/aromatic N) is 2. The third-order valence-electron chi connectivity index (χ3n) is 3.06. The standard InChI is InChI=1S/C14H18N4O2/c1-9-4-5-11(14-18-16-8-20-14)6-12(9)17-13(19)10(2)7-15-3/h4-6,8,10,15H,7H2,1-3H3,(H,17,19). The van der Waals surface area contributed by atoms with Crippen molar-refractivity contribution < 1.29 is 9.21 Å². The average Bonchev–Trinajstić information content (AvgIpc) is 2.95. The molecule has 6 nitrogen and oxygen atoms in total. The average molecular weight is 274 g/mol. The lowest BCUT2D eigenvalue weighted by Gasteiger charge is -2.13. The van der Waals surface area contributed by atoms with Crippen LogP contribution in [0.1, 0.15) is 12.5 Å². The second kappa shape index (κ2) is 6.29. The number of hydrogen-bond acceptors (Lipinski definition) is 5. The summed E-state index contributed by atoms with van der Waals surface area (Å²) in [6, 6.07) is 5.64. The van der Waals surface area contributed by atoms with Crippen LogP contribution >= 0.6 is 0 Å². The number of aryl methyl sites for hydroxylation is 1. The van der Waals surface area contributed by atoms with Gasteiger partial charge in [-0.05, 0) is 31.7 Å². The van der Waals surface area contributed by atoms with E-state index in [1.807, 2.05) is 39.1 Å². The SMILES string of the molecule is CNCC(C)C(=O)Nc1cc(-c2nnco2)ccc1C. The molecular formula is C14H18N4O2. The van der Waals surface area contributed by atoms with Crippen LogP contribution in [0.4, 0.5) is 5.69 Å². The number of carbonyl (C=O) groups is 1. The van der Waals surface area contributed by atoms with Gasteiger partial charge in [-0.2, -0.15) is 0 Å². The number of rotatable bonds is 5. The molecule has 1 aromatic heterocycles. The largest absolute Gasteiger partial charge is 0.423 e. The van der Waals surface area contributed by atoms with Gasteiger partial charge < -0.3 is 15.1 Å². The third-order valence-corrected chi connectivity index (χ3v) is 3.06. The smallest absolute Gasteiger partial charge is 0.247 e. The number of nitrogens with one attached hydrogen (secondary N) is 2. The van der Waals surface area contributed by atoms with E-state index in [1.54, 1.807) is 0 Å². The first-order valence-electron chi connectivity index (χ1n) is 6.44. The van der Waals surface area contributed by atoms with Crippen molar-refractivity contribution in [3.8, 4) is 11.5 Å². The lowest BCUT2D eigenvalue weighted by molar-refractivity contribution is -0.119. The van der Waals surface area contributed by atoms with Crippen molar-refractivity contribution in [1.82, 2.24) is 15.5 Å². The van der Waals surface area contributed by atoms with Crippen molar-refractivity contribution in [3.63, 3.8) is 0 Å². The zero-order valence-electron chi connectivity index (χ0n) is 11.8. The van der Waals surface area contributed by atoms with Gasteiger partial charge in [0.2, 0.25) is 18.2 Å². The fourth-order valence-corrected chi connectivity index (χ4v) is 1.84. The predicted molar refractivity (Wildman–Crippen MR) is 76.2 cm³/mol. The Labute approximate surface area is 117 Å². The fraction of sp³-hybridized carbons (Fsp3) is 0.357. The Hall–Kier alpha value is -2.21. The Kier molecular flexibility index (Phi) is 4.47. The minimum absolute atomic E-state index is 0.0230. The van der Waals surface area contributed by atoms with Crippen molar-refractivity contribution in [1.29, 1.82) is 0 Å². The van der Waals surface area contributed by atoms with E-state index >= 15 is 0 Å². The van der Waals surface area contributed by atoms with Gasteiger partial charge in [-0.15, -0.1) is 10.2 Å². The highest BCUT2D eigenvalue weighted by Gasteiger charge is 2.14. The molecule has 0 bridgehead atoms. The molecule has 6 heteroatoms. The number of carbonyl (C=O) groups excluding carboxylic acids is 1. The Morgan fingerprint density at radius 1 is 1.45 bits per heavy atom. The molecule has 0 spiro atoms. The Bertz CT molecular complexity index is 581. The third kappa shape index (κ3) is 3.21. The lowest BCUT2D eigenvalue weighted by Crippen LogP contribution is -2.28. The van der Waals surface area contributed by atoms with Gasteiger partial charge in [0.15, 0.2) is 0 Å². The summed E-state index contributed by atoms with van der Waals surface area (Å²) in [5.74, 6) is 0.306. The van der Waals surface area contributed by atoms with Gasteiger partial charge >= 0.3 is 0 Å². The normalized spacial score (nSPS) is 12.2. The molecule has 2 rings (SSSR count). The molecule has 0 saturated carbocycles. The molecule has 1 atom stereocenters. The van der Waals surface area contributed by atoms with Crippen molar-refractivity contribution in [2.75, 3.05) is 18.9 Å². The number of amides is 1. The molecule has 0 aliphatic heterocycles. The first kappa shape index (κ1) is 14.2. The van der Waals surface area contributed by atoms with Crippen LogP contribution in [0.25, 0.3) is 11.5 Å². The van der Waals surface area contributed by atoms with E-state index in [0.29, 0.717) is 12.4 Å². The van der Waals surface area contributed by atoms with Crippen LogP contribution in [0.15, 0.2) is 29.0 Å². The van der Waals surface area contributed by atoms with Gasteiger partial charge in [-0.25, -0.2) is 0 Å². The maximum absolute atomic E-state index is 12.0. The van der Waals surface area contributed by atoms with Crippen molar-refractivity contribution in [2.45, 2.75) is 13.8 Å². The molecule has 0 radical (unpaired) electrons. The molecule has 1 unspecified atom stereocenters. The minimum atomic E-state index is -0.105. The summed E-state index contributed by atoms with van der Waals surface area (Å²) in [6.07, 6.45) is 1.28. The van der Waals surface area contributed by atoms with Gasteiger partial charge in [0.25, 0.3) is 0 Å². The fourth-order valence-electron chi connectivity index (χ4n) is 1.84. The van der Waals surface area contributed by atoms with E-state index in [0.717, 1.165) is 16.8 Å². The molecular weight excluding hydrogens is 256 g/mol. The number of aromatic nitrogens is 2. The summed E-state index contributed by atoms with van der Waals surface area (Å²) in [4.78, 5) is 12.0. The van der Waals surface area contributed by atoms with Gasteiger partial charge in [0.05, 0.1) is 0 Å². The summed E-state index contributed by atoms with van der Waals surface area (Å²) < 4.78 is 5.16. The van der Waals surface area contributed by atoms with Crippen LogP contribution in [0.3, 0.4) is 0 Å². The lowest BCUT2D eigenvalue weighted by atomic mass is 10.1. The highest BCUT2D eigenvalue weighted by molar-refractivity contribution is 5.93. The topological polar surface area (TPSA) is 80.0 Å². The number of hydrogen-bond donors (Lipinski definition) is 2. The number of benzene rings is 1. The summed E-state index contributed by atoms with van der Waals surface area (Å²) in [5, 5.41) is 13.4. The van der Waals surface area contributed by atoms with E-state index in [2.05, 4.69) is 20.8 Å². The first-order valence-corrected chi connectivity index (χ1v) is 6.44. The van der Waals surface area contributed by atoms with Crippen LogP contribution in [0, 0.1) is 12.8 Å². The van der Waals surface area contributed by atoms with Gasteiger partial charge in [-0.3, -0.25) is 4.79 Å². The van der Waals surface area contributed by atoms with Crippen molar-refractivity contribution >= 4 is 11.6 Å². The maximum atomic E-state index is 12.0. The Balaban J connectivity index is 2.19. The molecule has 20 heavy (non-hydrogen) atoms. The molecule has 0 aliphatic carbocycles. The van der Waals surface area contributed by atoms with Crippen LogP contribution in [0.2, 0.25) is 0 Å². The van der Waals surface area contributed by atoms with Crippen molar-refractivity contribution in [3.05, 3.63) is 30.2 Å². The van der Waals surface area contributed by atoms with E-state index < -0.39 is 0 Å². The summed E-state index contributed by atoms with van der Waals surface area (Å²) in [7, 11) is 1.82. The zero-order chi connectivity index (χ0) is 14.5. The zero-order valence-corrected chi connectivity index (χ0v) is 11.8. The molecule has 0 saturated heterocycles. The molecule has 1 aromatic carbocycles. The molecule has 1 heterocycles. The molecule has 106 valence electrons. The summed E-state index contributed by atoms with van der Waals surface area (Å²) in [5.41, 5.74) is 2.52. The second-order valence-corrected chi connectivity index (χ2v) is 4.72. The molecule has 0 aliphatic rings. The maximum Gasteiger partial charge on any atom is 0.247 e. The Morgan fingerprint density at radius 2 is 2.25 bits per heavy atom. The van der Waals surface area contributed by atoms with E-state index in [9.17, 15) is 4.79 Å². The van der Waals surface area contributed by atoms with Crippen LogP contribution in [0.5, 0.6) is 0 Å². The highest BCUT2D eigenvalue weighted by atomic mass is 16.4. The van der Waals surface area contributed by atoms with E-state index in [-0.39, 0.29) is 11.8 Å². The molecule has 2 N–H and O–H groups in total. The van der Waals surface area contributed by atoms with E-state index in [1.165, 1.54) is 6.39 Å². The van der Waals surface area contributed by atoms with Crippen LogP contribution in [-0.2, 0) is 4.79 Å². The van der Waals surface area contributed by atoms with Crippen LogP contribution < -0.4 is 10.6 Å². The van der Waals surface area contributed by atoms with Crippen LogP contribution in [-0.4, -0.2) is 29.7 Å². The first-order chi connectivity index (χ1) is 9.61. The Morgan fingerprint density at radius 3 is 2.90 bits per heavy atom. The monoisotopic (exact) mass is 274 g/mol. The quantitative estimate of drug-likeness (QED) is 0.869. The molecule has 0 fully saturated rings. The molecule has 1 amide bonds. The van der Waals surface area contributed by atoms with Gasteiger partial charge in [0.1, 0.15) is 0 Å². The predicted octanol–water partition coefficient (Wildman–Crippen LogP) is 1.84. The second-order valence-electron chi connectivity index (χ2n) is 4.72. The van der Waals surface area contributed by atoms with Gasteiger partial charge in [-0.1, -0.05) is 13.0 Å².